The molecule has 8 heteroatoms. The van der Waals surface area contributed by atoms with Crippen LogP contribution in [0.1, 0.15) is 12.0 Å². The normalized spacial score (nSPS) is 19.1. The van der Waals surface area contributed by atoms with E-state index in [1.807, 2.05) is 0 Å². The van der Waals surface area contributed by atoms with Crippen molar-refractivity contribution >= 4 is 17.6 Å². The Hall–Kier alpha value is -2.09. The Balaban J connectivity index is 1.92. The maximum Gasteiger partial charge on any atom is 0.416 e. The van der Waals surface area contributed by atoms with Crippen molar-refractivity contribution in [2.24, 2.45) is 5.92 Å². The van der Waals surface area contributed by atoms with Gasteiger partial charge in [0.1, 0.15) is 0 Å². The molecule has 1 amide bonds. The summed E-state index contributed by atoms with van der Waals surface area (Å²) in [4.78, 5) is 24.3. The Morgan fingerprint density at radius 3 is 2.68 bits per heavy atom. The van der Waals surface area contributed by atoms with Gasteiger partial charge in [0.25, 0.3) is 0 Å². The number of benzene rings is 1. The molecule has 0 radical (unpaired) electrons. The molecule has 1 unspecified atom stereocenters. The van der Waals surface area contributed by atoms with Crippen LogP contribution in [0.2, 0.25) is 0 Å². The number of carbonyl (C=O) groups excluding carboxylic acids is 1. The van der Waals surface area contributed by atoms with Crippen molar-refractivity contribution in [1.82, 2.24) is 4.90 Å². The summed E-state index contributed by atoms with van der Waals surface area (Å²) in [5.74, 6) is -1.87. The number of anilines is 1. The number of carboxylic acids is 1. The Bertz CT molecular complexity index is 575. The molecule has 1 aromatic rings. The van der Waals surface area contributed by atoms with Crippen molar-refractivity contribution in [1.29, 1.82) is 0 Å². The van der Waals surface area contributed by atoms with Gasteiger partial charge >= 0.3 is 12.1 Å². The van der Waals surface area contributed by atoms with Crippen LogP contribution in [-0.4, -0.2) is 41.5 Å². The maximum atomic E-state index is 12.6. The van der Waals surface area contributed by atoms with Crippen LogP contribution in [0.5, 0.6) is 0 Å². The van der Waals surface area contributed by atoms with Gasteiger partial charge in [-0.2, -0.15) is 13.2 Å². The minimum Gasteiger partial charge on any atom is -0.481 e. The van der Waals surface area contributed by atoms with Gasteiger partial charge in [-0.25, -0.2) is 0 Å². The number of aliphatic carboxylic acids is 1. The van der Waals surface area contributed by atoms with E-state index in [4.69, 9.17) is 5.11 Å². The van der Waals surface area contributed by atoms with Crippen molar-refractivity contribution in [3.8, 4) is 0 Å². The minimum absolute atomic E-state index is 0.0416. The third kappa shape index (κ3) is 4.20. The average Bonchev–Trinajstić information content (AvgIpc) is 2.86. The monoisotopic (exact) mass is 316 g/mol. The molecule has 22 heavy (non-hydrogen) atoms. The topological polar surface area (TPSA) is 69.6 Å². The number of nitrogens with one attached hydrogen (secondary N) is 1. The standard InChI is InChI=1S/C14H15F3N2O3/c15-14(16,17)10-2-1-3-11(6-10)18-12(20)8-19-5-4-9(7-19)13(21)22/h1-3,6,9H,4-5,7-8H2,(H,18,20)(H,21,22). The zero-order valence-corrected chi connectivity index (χ0v) is 11.6. The molecule has 0 aliphatic carbocycles. The third-order valence-electron chi connectivity index (χ3n) is 3.46. The molecule has 5 nitrogen and oxygen atoms in total. The van der Waals surface area contributed by atoms with Crippen molar-refractivity contribution in [3.05, 3.63) is 29.8 Å². The SMILES string of the molecule is O=C(CN1CCC(C(=O)O)C1)Nc1cccc(C(F)(F)F)c1. The first-order chi connectivity index (χ1) is 10.3. The molecule has 1 fully saturated rings. The lowest BCUT2D eigenvalue weighted by Gasteiger charge is -2.15. The van der Waals surface area contributed by atoms with Crippen LogP contribution in [0.25, 0.3) is 0 Å². The van der Waals surface area contributed by atoms with Crippen LogP contribution in [-0.2, 0) is 15.8 Å². The lowest BCUT2D eigenvalue weighted by molar-refractivity contribution is -0.141. The number of alkyl halides is 3. The lowest BCUT2D eigenvalue weighted by Crippen LogP contribution is -2.32. The summed E-state index contributed by atoms with van der Waals surface area (Å²) < 4.78 is 37.7. The summed E-state index contributed by atoms with van der Waals surface area (Å²) in [6.45, 7) is 0.707. The molecule has 0 aromatic heterocycles. The van der Waals surface area contributed by atoms with E-state index in [0.29, 0.717) is 13.0 Å². The minimum atomic E-state index is -4.47. The van der Waals surface area contributed by atoms with Crippen molar-refractivity contribution in [2.75, 3.05) is 25.0 Å². The summed E-state index contributed by atoms with van der Waals surface area (Å²) in [7, 11) is 0. The lowest BCUT2D eigenvalue weighted by atomic mass is 10.1. The number of likely N-dealkylation sites (tertiary alicyclic amines) is 1. The molecular weight excluding hydrogens is 301 g/mol. The van der Waals surface area contributed by atoms with Crippen LogP contribution < -0.4 is 5.32 Å². The molecule has 1 aromatic carbocycles. The summed E-state index contributed by atoms with van der Waals surface area (Å²) >= 11 is 0. The molecule has 120 valence electrons. The molecule has 1 aliphatic heterocycles. The van der Waals surface area contributed by atoms with Gasteiger partial charge in [-0.1, -0.05) is 6.07 Å². The fraction of sp³-hybridized carbons (Fsp3) is 0.429. The van der Waals surface area contributed by atoms with E-state index in [1.54, 1.807) is 4.90 Å². The zero-order chi connectivity index (χ0) is 16.3. The van der Waals surface area contributed by atoms with Gasteiger partial charge in [0, 0.05) is 12.2 Å². The van der Waals surface area contributed by atoms with E-state index in [2.05, 4.69) is 5.32 Å². The number of amides is 1. The highest BCUT2D eigenvalue weighted by atomic mass is 19.4. The van der Waals surface area contributed by atoms with E-state index in [9.17, 15) is 22.8 Å². The van der Waals surface area contributed by atoms with Crippen LogP contribution >= 0.6 is 0 Å². The number of carboxylic acid groups (broad SMARTS) is 1. The summed E-state index contributed by atoms with van der Waals surface area (Å²) in [6.07, 6.45) is -4.00. The number of nitrogens with zero attached hydrogens (tertiary/aromatic N) is 1. The first-order valence-electron chi connectivity index (χ1n) is 6.68. The Morgan fingerprint density at radius 2 is 2.09 bits per heavy atom. The predicted octanol–water partition coefficient (Wildman–Crippen LogP) is 2.05. The summed E-state index contributed by atoms with van der Waals surface area (Å²) in [6, 6.07) is 4.38. The third-order valence-corrected chi connectivity index (χ3v) is 3.46. The van der Waals surface area contributed by atoms with E-state index < -0.39 is 29.5 Å². The van der Waals surface area contributed by atoms with Crippen molar-refractivity contribution in [3.63, 3.8) is 0 Å². The summed E-state index contributed by atoms with van der Waals surface area (Å²) in [5.41, 5.74) is -0.772. The van der Waals surface area contributed by atoms with Crippen LogP contribution in [0.15, 0.2) is 24.3 Å². The Morgan fingerprint density at radius 1 is 1.36 bits per heavy atom. The highest BCUT2D eigenvalue weighted by molar-refractivity contribution is 5.92. The van der Waals surface area contributed by atoms with Crippen molar-refractivity contribution in [2.45, 2.75) is 12.6 Å². The molecule has 0 bridgehead atoms. The molecule has 1 aliphatic rings. The molecule has 2 N–H and O–H groups in total. The van der Waals surface area contributed by atoms with Gasteiger partial charge < -0.3 is 10.4 Å². The van der Waals surface area contributed by atoms with Gasteiger partial charge in [0.2, 0.25) is 5.91 Å². The molecule has 1 heterocycles. The largest absolute Gasteiger partial charge is 0.481 e. The molecule has 0 saturated carbocycles. The van der Waals surface area contributed by atoms with Crippen LogP contribution in [0, 0.1) is 5.92 Å². The smallest absolute Gasteiger partial charge is 0.416 e. The van der Waals surface area contributed by atoms with E-state index >= 15 is 0 Å². The van der Waals surface area contributed by atoms with Crippen LogP contribution in [0.4, 0.5) is 18.9 Å². The number of halogens is 3. The van der Waals surface area contributed by atoms with Gasteiger partial charge in [-0.3, -0.25) is 14.5 Å². The highest BCUT2D eigenvalue weighted by Gasteiger charge is 2.31. The number of hydrogen-bond acceptors (Lipinski definition) is 3. The molecule has 1 saturated heterocycles. The first-order valence-corrected chi connectivity index (χ1v) is 6.68. The number of rotatable bonds is 4. The second kappa shape index (κ2) is 6.35. The molecule has 1 atom stereocenters. The Kier molecular flexibility index (Phi) is 4.70. The van der Waals surface area contributed by atoms with Crippen molar-refractivity contribution < 1.29 is 27.9 Å². The van der Waals surface area contributed by atoms with Gasteiger partial charge in [-0.05, 0) is 31.2 Å². The number of carbonyl (C=O) groups is 2. The zero-order valence-electron chi connectivity index (χ0n) is 11.6. The van der Waals surface area contributed by atoms with Gasteiger partial charge in [-0.15, -0.1) is 0 Å². The molecule has 0 spiro atoms. The second-order valence-corrected chi connectivity index (χ2v) is 5.19. The molecular formula is C14H15F3N2O3. The second-order valence-electron chi connectivity index (χ2n) is 5.19. The van der Waals surface area contributed by atoms with E-state index in [1.165, 1.54) is 12.1 Å². The predicted molar refractivity (Wildman–Crippen MR) is 72.3 cm³/mol. The van der Waals surface area contributed by atoms with Crippen LogP contribution in [0.3, 0.4) is 0 Å². The van der Waals surface area contributed by atoms with Gasteiger partial charge in [0.15, 0.2) is 0 Å². The quantitative estimate of drug-likeness (QED) is 0.892. The molecule has 2 rings (SSSR count). The average molecular weight is 316 g/mol. The maximum absolute atomic E-state index is 12.6. The van der Waals surface area contributed by atoms with E-state index in [-0.39, 0.29) is 18.8 Å². The Labute approximate surface area is 124 Å². The fourth-order valence-electron chi connectivity index (χ4n) is 2.35. The number of hydrogen-bond donors (Lipinski definition) is 2. The summed E-state index contributed by atoms with van der Waals surface area (Å²) in [5, 5.41) is 11.3. The fourth-order valence-corrected chi connectivity index (χ4v) is 2.35. The first kappa shape index (κ1) is 16.3. The van der Waals surface area contributed by atoms with E-state index in [0.717, 1.165) is 12.1 Å². The highest BCUT2D eigenvalue weighted by Crippen LogP contribution is 2.30. The van der Waals surface area contributed by atoms with Gasteiger partial charge in [0.05, 0.1) is 18.0 Å².